The third kappa shape index (κ3) is 9.38. The minimum absolute atomic E-state index is 0.124. The highest BCUT2D eigenvalue weighted by atomic mass is 32.2. The van der Waals surface area contributed by atoms with Crippen molar-refractivity contribution in [3.63, 3.8) is 0 Å². The van der Waals surface area contributed by atoms with E-state index in [9.17, 15) is 24.6 Å². The van der Waals surface area contributed by atoms with Gasteiger partial charge in [0.05, 0.1) is 31.0 Å². The summed E-state index contributed by atoms with van der Waals surface area (Å²) in [6, 6.07) is -1.17. The number of nitrogens with zero attached hydrogens (tertiary/aromatic N) is 1. The molecule has 4 N–H and O–H groups in total. The summed E-state index contributed by atoms with van der Waals surface area (Å²) >= 11 is 1.18. The van der Waals surface area contributed by atoms with Crippen LogP contribution in [0.2, 0.25) is 18.1 Å². The first-order valence-electron chi connectivity index (χ1n) is 14.6. The van der Waals surface area contributed by atoms with E-state index in [0.717, 1.165) is 25.8 Å². The van der Waals surface area contributed by atoms with Crippen LogP contribution in [0.1, 0.15) is 66.7 Å². The lowest BCUT2D eigenvalue weighted by molar-refractivity contribution is -0.224. The van der Waals surface area contributed by atoms with Crippen LogP contribution in [0.3, 0.4) is 0 Å². The van der Waals surface area contributed by atoms with E-state index in [-0.39, 0.29) is 17.0 Å². The normalized spacial score (nSPS) is 31.0. The number of carbonyl (C=O) groups is 3. The van der Waals surface area contributed by atoms with E-state index in [1.807, 2.05) is 18.9 Å². The monoisotopic (exact) mass is 620 g/mol. The second-order valence-corrected chi connectivity index (χ2v) is 18.7. The fourth-order valence-electron chi connectivity index (χ4n) is 5.38. The van der Waals surface area contributed by atoms with Gasteiger partial charge >= 0.3 is 11.9 Å². The van der Waals surface area contributed by atoms with Gasteiger partial charge in [-0.2, -0.15) is 0 Å². The Balaban J connectivity index is 2.39. The molecule has 2 heterocycles. The Morgan fingerprint density at radius 2 is 1.80 bits per heavy atom. The van der Waals surface area contributed by atoms with Crippen molar-refractivity contribution < 1.29 is 43.6 Å². The molecule has 0 aromatic rings. The summed E-state index contributed by atoms with van der Waals surface area (Å²) in [5.41, 5.74) is -0.872. The summed E-state index contributed by atoms with van der Waals surface area (Å²) in [5.74, 6) is -1.79. The standard InChI is InChI=1S/C28H52N2O9SSi/c1-10-11-17-14-18(30(6)15-17)26(36)29-21(16(2)39-41(8,9)28(3,4)5)24-22(34)25(23(35)27(38-24)40-7)37-20(33)13-12-19(31)32/h16-18,21-25,27,34-35H,10-15H2,1-9H3,(H,29,36)(H,31,32). The minimum Gasteiger partial charge on any atom is -0.481 e. The summed E-state index contributed by atoms with van der Waals surface area (Å²) in [6.07, 6.45) is -2.23. The van der Waals surface area contributed by atoms with E-state index in [0.29, 0.717) is 5.92 Å². The number of aliphatic hydroxyl groups excluding tert-OH is 2. The molecule has 9 atom stereocenters. The molecule has 0 spiro atoms. The molecule has 1 amide bonds. The molecule has 13 heteroatoms. The van der Waals surface area contributed by atoms with Crippen LogP contribution in [-0.4, -0.2) is 114 Å². The molecule has 0 aliphatic carbocycles. The zero-order valence-electron chi connectivity index (χ0n) is 26.1. The molecule has 2 fully saturated rings. The number of amides is 1. The van der Waals surface area contributed by atoms with E-state index in [1.54, 1.807) is 6.26 Å². The van der Waals surface area contributed by atoms with Crippen molar-refractivity contribution in [2.24, 2.45) is 5.92 Å². The van der Waals surface area contributed by atoms with Crippen molar-refractivity contribution in [1.82, 2.24) is 10.2 Å². The molecule has 41 heavy (non-hydrogen) atoms. The maximum Gasteiger partial charge on any atom is 0.306 e. The summed E-state index contributed by atoms with van der Waals surface area (Å²) in [7, 11) is -0.398. The minimum atomic E-state index is -2.33. The number of carboxylic acid groups (broad SMARTS) is 1. The van der Waals surface area contributed by atoms with Crippen LogP contribution < -0.4 is 5.32 Å². The molecular weight excluding hydrogens is 568 g/mol. The van der Waals surface area contributed by atoms with Crippen molar-refractivity contribution >= 4 is 37.9 Å². The average Bonchev–Trinajstić information content (AvgIpc) is 3.23. The molecule has 0 aromatic heterocycles. The van der Waals surface area contributed by atoms with Crippen molar-refractivity contribution in [3.8, 4) is 0 Å². The van der Waals surface area contributed by atoms with Gasteiger partial charge in [-0.1, -0.05) is 34.1 Å². The second kappa shape index (κ2) is 15.0. The SMILES string of the molecule is CCCC1CC(C(=O)NC(C(C)O[Si](C)(C)C(C)(C)C)C2OC(SC)C(O)C(OC(=O)CCC(=O)O)C2O)N(C)C1. The van der Waals surface area contributed by atoms with Crippen molar-refractivity contribution in [3.05, 3.63) is 0 Å². The van der Waals surface area contributed by atoms with Crippen molar-refractivity contribution in [1.29, 1.82) is 0 Å². The Morgan fingerprint density at radius 3 is 2.34 bits per heavy atom. The number of thioether (sulfide) groups is 1. The summed E-state index contributed by atoms with van der Waals surface area (Å²) in [6.45, 7) is 15.3. The van der Waals surface area contributed by atoms with Crippen LogP contribution in [0.5, 0.6) is 0 Å². The maximum absolute atomic E-state index is 13.7. The zero-order valence-corrected chi connectivity index (χ0v) is 27.9. The first-order valence-corrected chi connectivity index (χ1v) is 18.8. The third-order valence-corrected chi connectivity index (χ3v) is 14.1. The number of likely N-dealkylation sites (tertiary alicyclic amines) is 1. The molecule has 0 aromatic carbocycles. The number of hydrogen-bond donors (Lipinski definition) is 4. The van der Waals surface area contributed by atoms with Crippen LogP contribution in [0.15, 0.2) is 0 Å². The Kier molecular flexibility index (Phi) is 13.1. The molecule has 0 radical (unpaired) electrons. The quantitative estimate of drug-likeness (QED) is 0.177. The Morgan fingerprint density at radius 1 is 1.17 bits per heavy atom. The van der Waals surface area contributed by atoms with Crippen LogP contribution in [-0.2, 0) is 28.3 Å². The van der Waals surface area contributed by atoms with Crippen molar-refractivity contribution in [2.75, 3.05) is 19.8 Å². The molecule has 9 unspecified atom stereocenters. The molecule has 11 nitrogen and oxygen atoms in total. The van der Waals surface area contributed by atoms with Gasteiger partial charge in [0.15, 0.2) is 14.4 Å². The van der Waals surface area contributed by atoms with Crippen LogP contribution >= 0.6 is 11.8 Å². The largest absolute Gasteiger partial charge is 0.481 e. The van der Waals surface area contributed by atoms with E-state index >= 15 is 0 Å². The van der Waals surface area contributed by atoms with Gasteiger partial charge < -0.3 is 34.5 Å². The summed E-state index contributed by atoms with van der Waals surface area (Å²) in [4.78, 5) is 39.1. The smallest absolute Gasteiger partial charge is 0.306 e. The lowest BCUT2D eigenvalue weighted by atomic mass is 9.91. The van der Waals surface area contributed by atoms with Crippen LogP contribution in [0.4, 0.5) is 0 Å². The number of likely N-dealkylation sites (N-methyl/N-ethyl adjacent to an activating group) is 1. The molecule has 2 aliphatic rings. The number of esters is 1. The number of nitrogens with one attached hydrogen (secondary N) is 1. The lowest BCUT2D eigenvalue weighted by Crippen LogP contribution is -2.67. The molecule has 2 aliphatic heterocycles. The molecule has 0 bridgehead atoms. The van der Waals surface area contributed by atoms with Crippen LogP contribution in [0.25, 0.3) is 0 Å². The van der Waals surface area contributed by atoms with Gasteiger partial charge in [0.25, 0.3) is 0 Å². The first-order chi connectivity index (χ1) is 18.9. The zero-order chi connectivity index (χ0) is 31.3. The predicted octanol–water partition coefficient (Wildman–Crippen LogP) is 2.59. The number of aliphatic carboxylic acids is 1. The number of hydrogen-bond acceptors (Lipinski definition) is 10. The highest BCUT2D eigenvalue weighted by Crippen LogP contribution is 2.39. The van der Waals surface area contributed by atoms with E-state index in [4.69, 9.17) is 19.0 Å². The average molecular weight is 621 g/mol. The van der Waals surface area contributed by atoms with Gasteiger partial charge in [-0.3, -0.25) is 19.3 Å². The van der Waals surface area contributed by atoms with Gasteiger partial charge in [0.1, 0.15) is 23.7 Å². The highest BCUT2D eigenvalue weighted by Gasteiger charge is 2.52. The van der Waals surface area contributed by atoms with E-state index < -0.39 is 75.1 Å². The number of carbonyl (C=O) groups excluding carboxylic acids is 2. The van der Waals surface area contributed by atoms with Gasteiger partial charge in [-0.05, 0) is 57.1 Å². The Bertz CT molecular complexity index is 902. The molecular formula is C28H52N2O9SSi. The van der Waals surface area contributed by atoms with Gasteiger partial charge in [0, 0.05) is 6.54 Å². The van der Waals surface area contributed by atoms with Gasteiger partial charge in [-0.15, -0.1) is 11.8 Å². The van der Waals surface area contributed by atoms with Gasteiger partial charge in [0.2, 0.25) is 5.91 Å². The topological polar surface area (TPSA) is 155 Å². The fraction of sp³-hybridized carbons (Fsp3) is 0.893. The predicted molar refractivity (Wildman–Crippen MR) is 160 cm³/mol. The Hall–Kier alpha value is -1.22. The maximum atomic E-state index is 13.7. The van der Waals surface area contributed by atoms with Gasteiger partial charge in [-0.25, -0.2) is 0 Å². The number of carboxylic acids is 1. The molecule has 0 saturated carbocycles. The highest BCUT2D eigenvalue weighted by molar-refractivity contribution is 7.99. The lowest BCUT2D eigenvalue weighted by Gasteiger charge is -2.47. The number of ether oxygens (including phenoxy) is 2. The molecule has 2 rings (SSSR count). The number of rotatable bonds is 13. The van der Waals surface area contributed by atoms with Crippen LogP contribution in [0, 0.1) is 5.92 Å². The first kappa shape index (κ1) is 36.0. The van der Waals surface area contributed by atoms with E-state index in [2.05, 4.69) is 46.1 Å². The van der Waals surface area contributed by atoms with E-state index in [1.165, 1.54) is 11.8 Å². The number of aliphatic hydroxyl groups is 2. The van der Waals surface area contributed by atoms with Crippen molar-refractivity contribution in [2.45, 2.75) is 133 Å². The second-order valence-electron chi connectivity index (χ2n) is 13.0. The summed E-state index contributed by atoms with van der Waals surface area (Å²) in [5, 5.41) is 34.3. The molecule has 2 saturated heterocycles. The fourth-order valence-corrected chi connectivity index (χ4v) is 7.48. The Labute approximate surface area is 250 Å². The summed E-state index contributed by atoms with van der Waals surface area (Å²) < 4.78 is 18.3. The third-order valence-electron chi connectivity index (χ3n) is 8.71. The molecule has 238 valence electrons.